The summed E-state index contributed by atoms with van der Waals surface area (Å²) in [7, 11) is -3.73. The Morgan fingerprint density at radius 3 is 2.85 bits per heavy atom. The number of ether oxygens (including phenoxy) is 1. The Hall–Kier alpha value is -0.480. The van der Waals surface area contributed by atoms with Gasteiger partial charge in [-0.25, -0.2) is 17.9 Å². The average molecular weight is 384 g/mol. The van der Waals surface area contributed by atoms with Gasteiger partial charge in [-0.2, -0.15) is 0 Å². The van der Waals surface area contributed by atoms with Crippen molar-refractivity contribution in [3.63, 3.8) is 0 Å². The number of rotatable bonds is 5. The summed E-state index contributed by atoms with van der Waals surface area (Å²) in [5.41, 5.74) is 0. The highest BCUT2D eigenvalue weighted by atomic mass is 79.9. The van der Waals surface area contributed by atoms with Crippen molar-refractivity contribution in [1.29, 1.82) is 0 Å². The van der Waals surface area contributed by atoms with E-state index in [0.717, 1.165) is 36.7 Å². The molecule has 9 heteroatoms. The van der Waals surface area contributed by atoms with Crippen molar-refractivity contribution in [2.45, 2.75) is 30.3 Å². The number of aromatic carboxylic acids is 1. The van der Waals surface area contributed by atoms with Gasteiger partial charge in [0.15, 0.2) is 0 Å². The molecule has 0 amide bonds. The number of halogens is 1. The molecule has 2 N–H and O–H groups in total. The number of hydrogen-bond donors (Lipinski definition) is 2. The van der Waals surface area contributed by atoms with Gasteiger partial charge in [0.25, 0.3) is 0 Å². The molecule has 0 aromatic carbocycles. The quantitative estimate of drug-likeness (QED) is 0.811. The first kappa shape index (κ1) is 15.9. The summed E-state index contributed by atoms with van der Waals surface area (Å²) in [5, 5.41) is 8.88. The van der Waals surface area contributed by atoms with Gasteiger partial charge in [-0.15, -0.1) is 11.3 Å². The second-order valence-electron chi connectivity index (χ2n) is 4.39. The normalized spacial score (nSPS) is 19.9. The summed E-state index contributed by atoms with van der Waals surface area (Å²) in [6.07, 6.45) is 2.74. The van der Waals surface area contributed by atoms with Gasteiger partial charge in [-0.1, -0.05) is 0 Å². The number of hydrogen-bond acceptors (Lipinski definition) is 5. The number of thiophene rings is 1. The summed E-state index contributed by atoms with van der Waals surface area (Å²) in [6.45, 7) is 0.852. The molecule has 0 saturated carbocycles. The van der Waals surface area contributed by atoms with Crippen molar-refractivity contribution in [2.75, 3.05) is 13.2 Å². The molecule has 112 valence electrons. The minimum Gasteiger partial charge on any atom is -0.477 e. The molecule has 1 aromatic heterocycles. The van der Waals surface area contributed by atoms with E-state index in [2.05, 4.69) is 20.7 Å². The van der Waals surface area contributed by atoms with Crippen LogP contribution in [0.25, 0.3) is 0 Å². The van der Waals surface area contributed by atoms with Crippen LogP contribution in [-0.4, -0.2) is 38.7 Å². The van der Waals surface area contributed by atoms with Gasteiger partial charge in [0.05, 0.1) is 9.89 Å². The molecular weight excluding hydrogens is 370 g/mol. The lowest BCUT2D eigenvalue weighted by Crippen LogP contribution is -2.35. The molecule has 0 aliphatic carbocycles. The Bertz CT molecular complexity index is 592. The molecular formula is C11H14BrNO5S2. The van der Waals surface area contributed by atoms with Crippen molar-refractivity contribution in [1.82, 2.24) is 4.72 Å². The maximum Gasteiger partial charge on any atom is 0.345 e. The van der Waals surface area contributed by atoms with Crippen molar-refractivity contribution < 1.29 is 23.1 Å². The molecule has 0 spiro atoms. The van der Waals surface area contributed by atoms with Gasteiger partial charge < -0.3 is 9.84 Å². The Morgan fingerprint density at radius 2 is 2.30 bits per heavy atom. The lowest BCUT2D eigenvalue weighted by molar-refractivity contribution is 0.0200. The smallest absolute Gasteiger partial charge is 0.345 e. The SMILES string of the molecule is O=C(O)c1cc(S(=O)(=O)NCC2CCCCO2)c(Br)s1. The van der Waals surface area contributed by atoms with Crippen molar-refractivity contribution in [2.24, 2.45) is 0 Å². The maximum atomic E-state index is 12.1. The van der Waals surface area contributed by atoms with Crippen LogP contribution in [0.2, 0.25) is 0 Å². The van der Waals surface area contributed by atoms with Crippen LogP contribution in [0.3, 0.4) is 0 Å². The number of carboxylic acids is 1. The van der Waals surface area contributed by atoms with E-state index in [0.29, 0.717) is 6.61 Å². The first-order valence-corrected chi connectivity index (χ1v) is 9.13. The van der Waals surface area contributed by atoms with Gasteiger partial charge in [0, 0.05) is 13.2 Å². The summed E-state index contributed by atoms with van der Waals surface area (Å²) < 4.78 is 32.5. The minimum atomic E-state index is -3.73. The number of sulfonamides is 1. The number of nitrogens with one attached hydrogen (secondary N) is 1. The van der Waals surface area contributed by atoms with Crippen molar-refractivity contribution in [3.8, 4) is 0 Å². The predicted molar refractivity (Wildman–Crippen MR) is 77.8 cm³/mol. The van der Waals surface area contributed by atoms with Crippen LogP contribution in [0.5, 0.6) is 0 Å². The summed E-state index contributed by atoms with van der Waals surface area (Å²) in [6, 6.07) is 1.15. The van der Waals surface area contributed by atoms with E-state index in [1.807, 2.05) is 0 Å². The molecule has 0 bridgehead atoms. The highest BCUT2D eigenvalue weighted by Gasteiger charge is 2.24. The lowest BCUT2D eigenvalue weighted by atomic mass is 10.1. The van der Waals surface area contributed by atoms with E-state index in [1.54, 1.807) is 0 Å². The van der Waals surface area contributed by atoms with E-state index in [9.17, 15) is 13.2 Å². The van der Waals surface area contributed by atoms with Crippen molar-refractivity contribution >= 4 is 43.3 Å². The molecule has 1 aliphatic heterocycles. The Balaban J connectivity index is 2.07. The van der Waals surface area contributed by atoms with E-state index in [-0.39, 0.29) is 26.2 Å². The van der Waals surface area contributed by atoms with E-state index >= 15 is 0 Å². The summed E-state index contributed by atoms with van der Waals surface area (Å²) >= 11 is 3.97. The van der Waals surface area contributed by atoms with Gasteiger partial charge in [-0.05, 0) is 41.3 Å². The zero-order chi connectivity index (χ0) is 14.8. The fraction of sp³-hybridized carbons (Fsp3) is 0.545. The molecule has 2 rings (SSSR count). The van der Waals surface area contributed by atoms with Gasteiger partial charge in [0.1, 0.15) is 9.77 Å². The third-order valence-electron chi connectivity index (χ3n) is 2.93. The topological polar surface area (TPSA) is 92.7 Å². The minimum absolute atomic E-state index is 0.0221. The standard InChI is InChI=1S/C11H14BrNO5S2/c12-10-9(5-8(19-10)11(14)15)20(16,17)13-6-7-3-1-2-4-18-7/h5,7,13H,1-4,6H2,(H,14,15). The molecule has 0 radical (unpaired) electrons. The van der Waals surface area contributed by atoms with Crippen LogP contribution in [0.1, 0.15) is 28.9 Å². The number of carboxylic acid groups (broad SMARTS) is 1. The van der Waals surface area contributed by atoms with E-state index in [4.69, 9.17) is 9.84 Å². The third-order valence-corrected chi connectivity index (χ3v) is 6.59. The molecule has 20 heavy (non-hydrogen) atoms. The van der Waals surface area contributed by atoms with Crippen LogP contribution in [0, 0.1) is 0 Å². The molecule has 6 nitrogen and oxygen atoms in total. The third kappa shape index (κ3) is 3.79. The van der Waals surface area contributed by atoms with Crippen LogP contribution in [-0.2, 0) is 14.8 Å². The van der Waals surface area contributed by atoms with Crippen LogP contribution >= 0.6 is 27.3 Å². The molecule has 1 unspecified atom stereocenters. The Kier molecular flexibility index (Phi) is 5.19. The molecule has 1 fully saturated rings. The van der Waals surface area contributed by atoms with Crippen LogP contribution < -0.4 is 4.72 Å². The van der Waals surface area contributed by atoms with Crippen molar-refractivity contribution in [3.05, 3.63) is 14.7 Å². The molecule has 1 atom stereocenters. The zero-order valence-corrected chi connectivity index (χ0v) is 13.7. The molecule has 1 aliphatic rings. The van der Waals surface area contributed by atoms with E-state index in [1.165, 1.54) is 0 Å². The monoisotopic (exact) mass is 383 g/mol. The lowest BCUT2D eigenvalue weighted by Gasteiger charge is -2.22. The molecule has 1 aromatic rings. The van der Waals surface area contributed by atoms with Gasteiger partial charge in [-0.3, -0.25) is 0 Å². The summed E-state index contributed by atoms with van der Waals surface area (Å²) in [5.74, 6) is -1.15. The summed E-state index contributed by atoms with van der Waals surface area (Å²) in [4.78, 5) is 10.8. The van der Waals surface area contributed by atoms with Gasteiger partial charge in [0.2, 0.25) is 10.0 Å². The maximum absolute atomic E-state index is 12.1. The Labute approximate surface area is 129 Å². The molecule has 2 heterocycles. The fourth-order valence-electron chi connectivity index (χ4n) is 1.89. The zero-order valence-electron chi connectivity index (χ0n) is 10.5. The largest absolute Gasteiger partial charge is 0.477 e. The van der Waals surface area contributed by atoms with E-state index < -0.39 is 16.0 Å². The first-order chi connectivity index (χ1) is 9.40. The second kappa shape index (κ2) is 6.52. The molecule has 1 saturated heterocycles. The average Bonchev–Trinajstić information content (AvgIpc) is 2.81. The second-order valence-corrected chi connectivity index (χ2v) is 8.50. The fourth-order valence-corrected chi connectivity index (χ4v) is 5.36. The van der Waals surface area contributed by atoms with Crippen LogP contribution in [0.15, 0.2) is 14.7 Å². The van der Waals surface area contributed by atoms with Crippen LogP contribution in [0.4, 0.5) is 0 Å². The number of carbonyl (C=O) groups is 1. The highest BCUT2D eigenvalue weighted by Crippen LogP contribution is 2.31. The first-order valence-electron chi connectivity index (χ1n) is 6.04. The highest BCUT2D eigenvalue weighted by molar-refractivity contribution is 9.11. The van der Waals surface area contributed by atoms with Gasteiger partial charge >= 0.3 is 5.97 Å². The Morgan fingerprint density at radius 1 is 1.55 bits per heavy atom. The predicted octanol–water partition coefficient (Wildman–Crippen LogP) is 2.06.